The molecule has 0 atom stereocenters. The van der Waals surface area contributed by atoms with E-state index in [1.807, 2.05) is 13.0 Å². The molecule has 0 aliphatic carbocycles. The van der Waals surface area contributed by atoms with Crippen LogP contribution >= 0.6 is 11.3 Å². The van der Waals surface area contributed by atoms with Crippen molar-refractivity contribution in [1.29, 1.82) is 0 Å². The quantitative estimate of drug-likeness (QED) is 0.449. The van der Waals surface area contributed by atoms with Crippen molar-refractivity contribution in [2.75, 3.05) is 0 Å². The first kappa shape index (κ1) is 18.3. The number of ketones is 1. The number of aryl methyl sites for hydroxylation is 2. The number of thiophene rings is 1. The molecular weight excluding hydrogens is 379 g/mol. The number of ether oxygens (including phenoxy) is 1. The van der Waals surface area contributed by atoms with Crippen molar-refractivity contribution in [3.8, 4) is 11.5 Å². The van der Waals surface area contributed by atoms with Crippen molar-refractivity contribution < 1.29 is 18.4 Å². The van der Waals surface area contributed by atoms with Crippen molar-refractivity contribution in [2.24, 2.45) is 0 Å². The van der Waals surface area contributed by atoms with Crippen LogP contribution < -0.4 is 4.74 Å². The molecule has 28 heavy (non-hydrogen) atoms. The van der Waals surface area contributed by atoms with Crippen LogP contribution in [0.1, 0.15) is 21.9 Å². The Morgan fingerprint density at radius 3 is 2.75 bits per heavy atom. The second-order valence-corrected chi connectivity index (χ2v) is 7.82. The average molecular weight is 396 g/mol. The summed E-state index contributed by atoms with van der Waals surface area (Å²) in [7, 11) is 0. The van der Waals surface area contributed by atoms with Crippen LogP contribution in [-0.4, -0.2) is 15.9 Å². The molecule has 0 N–H and O–H groups in total. The number of pyridine rings is 1. The summed E-state index contributed by atoms with van der Waals surface area (Å²) in [6.45, 7) is 3.76. The Morgan fingerprint density at radius 2 is 2.00 bits per heavy atom. The second kappa shape index (κ2) is 7.52. The van der Waals surface area contributed by atoms with Gasteiger partial charge < -0.3 is 9.26 Å². The van der Waals surface area contributed by atoms with E-state index in [4.69, 9.17) is 9.26 Å². The van der Waals surface area contributed by atoms with Crippen molar-refractivity contribution in [3.05, 3.63) is 70.3 Å². The molecule has 0 amide bonds. The number of rotatable bonds is 6. The van der Waals surface area contributed by atoms with E-state index >= 15 is 0 Å². The maximum atomic E-state index is 14.5. The summed E-state index contributed by atoms with van der Waals surface area (Å²) in [5.41, 5.74) is 1.99. The van der Waals surface area contributed by atoms with Gasteiger partial charge in [0.2, 0.25) is 0 Å². The molecule has 4 rings (SSSR count). The number of nitrogens with zero attached hydrogens (tertiary/aromatic N) is 2. The minimum Gasteiger partial charge on any atom is -0.453 e. The number of halogens is 1. The van der Waals surface area contributed by atoms with Gasteiger partial charge in [-0.3, -0.25) is 9.78 Å². The largest absolute Gasteiger partial charge is 0.453 e. The Morgan fingerprint density at radius 1 is 1.14 bits per heavy atom. The SMILES string of the molecule is Cc1cc(CC(=O)Cc2ccc(Oc3ccnc4cc(C)sc34)c(F)c2)no1. The zero-order chi connectivity index (χ0) is 19.7. The molecule has 3 heterocycles. The summed E-state index contributed by atoms with van der Waals surface area (Å²) < 4.78 is 26.2. The monoisotopic (exact) mass is 396 g/mol. The molecule has 0 fully saturated rings. The standard InChI is InChI=1S/C21H17FN2O3S/c1-12-7-15(24-27-12)11-16(25)9-14-3-4-19(17(22)10-14)26-20-5-6-23-18-8-13(2)28-21(18)20/h3-8,10H,9,11H2,1-2H3. The Kier molecular flexibility index (Phi) is 4.92. The van der Waals surface area contributed by atoms with Gasteiger partial charge in [-0.1, -0.05) is 11.2 Å². The maximum Gasteiger partial charge on any atom is 0.166 e. The van der Waals surface area contributed by atoms with Gasteiger partial charge in [-0.2, -0.15) is 0 Å². The van der Waals surface area contributed by atoms with Crippen LogP contribution in [0.25, 0.3) is 10.2 Å². The minimum atomic E-state index is -0.513. The highest BCUT2D eigenvalue weighted by Crippen LogP contribution is 2.35. The molecule has 5 nitrogen and oxygen atoms in total. The van der Waals surface area contributed by atoms with Gasteiger partial charge in [0.15, 0.2) is 11.6 Å². The van der Waals surface area contributed by atoms with Crippen molar-refractivity contribution in [1.82, 2.24) is 10.1 Å². The predicted octanol–water partition coefficient (Wildman–Crippen LogP) is 5.19. The molecule has 1 aromatic carbocycles. The van der Waals surface area contributed by atoms with Crippen LogP contribution in [0.5, 0.6) is 11.5 Å². The molecule has 3 aromatic heterocycles. The highest BCUT2D eigenvalue weighted by atomic mass is 32.1. The van der Waals surface area contributed by atoms with Gasteiger partial charge in [-0.25, -0.2) is 4.39 Å². The van der Waals surface area contributed by atoms with E-state index in [0.717, 1.165) is 15.1 Å². The Hall–Kier alpha value is -3.06. The van der Waals surface area contributed by atoms with Gasteiger partial charge in [0, 0.05) is 29.6 Å². The number of hydrogen-bond donors (Lipinski definition) is 0. The van der Waals surface area contributed by atoms with Gasteiger partial charge in [0.25, 0.3) is 0 Å². The number of Topliss-reactive ketones (excluding diaryl/α,β-unsaturated/α-hetero) is 1. The lowest BCUT2D eigenvalue weighted by Gasteiger charge is -2.09. The first-order chi connectivity index (χ1) is 13.5. The lowest BCUT2D eigenvalue weighted by Crippen LogP contribution is -2.07. The lowest BCUT2D eigenvalue weighted by molar-refractivity contribution is -0.117. The first-order valence-corrected chi connectivity index (χ1v) is 9.55. The number of hydrogen-bond acceptors (Lipinski definition) is 6. The third-order valence-corrected chi connectivity index (χ3v) is 5.23. The number of carbonyl (C=O) groups is 1. The summed E-state index contributed by atoms with van der Waals surface area (Å²) >= 11 is 1.55. The zero-order valence-electron chi connectivity index (χ0n) is 15.4. The van der Waals surface area contributed by atoms with Crippen molar-refractivity contribution >= 4 is 27.3 Å². The van der Waals surface area contributed by atoms with E-state index in [1.165, 1.54) is 6.07 Å². The molecule has 0 aliphatic heterocycles. The lowest BCUT2D eigenvalue weighted by atomic mass is 10.1. The summed E-state index contributed by atoms with van der Waals surface area (Å²) in [4.78, 5) is 17.6. The van der Waals surface area contributed by atoms with E-state index in [-0.39, 0.29) is 24.4 Å². The fourth-order valence-electron chi connectivity index (χ4n) is 2.96. The summed E-state index contributed by atoms with van der Waals surface area (Å²) in [6.07, 6.45) is 1.91. The maximum absolute atomic E-state index is 14.5. The van der Waals surface area contributed by atoms with Gasteiger partial charge in [-0.05, 0) is 37.6 Å². The highest BCUT2D eigenvalue weighted by Gasteiger charge is 2.13. The summed E-state index contributed by atoms with van der Waals surface area (Å²) in [6, 6.07) is 9.98. The third kappa shape index (κ3) is 3.94. The van der Waals surface area contributed by atoms with E-state index in [1.54, 1.807) is 48.7 Å². The van der Waals surface area contributed by atoms with Crippen molar-refractivity contribution in [2.45, 2.75) is 26.7 Å². The van der Waals surface area contributed by atoms with E-state index in [0.29, 0.717) is 22.8 Å². The van der Waals surface area contributed by atoms with Crippen LogP contribution in [0.15, 0.2) is 47.1 Å². The Balaban J connectivity index is 1.49. The molecule has 0 unspecified atom stereocenters. The van der Waals surface area contributed by atoms with Gasteiger partial charge >= 0.3 is 0 Å². The molecule has 7 heteroatoms. The van der Waals surface area contributed by atoms with Gasteiger partial charge in [0.05, 0.1) is 22.3 Å². The fourth-order valence-corrected chi connectivity index (χ4v) is 3.88. The average Bonchev–Trinajstić information content (AvgIpc) is 3.22. The number of carbonyl (C=O) groups excluding carboxylic acids is 1. The minimum absolute atomic E-state index is 0.0636. The number of aromatic nitrogens is 2. The van der Waals surface area contributed by atoms with Crippen LogP contribution in [0.3, 0.4) is 0 Å². The smallest absolute Gasteiger partial charge is 0.166 e. The summed E-state index contributed by atoms with van der Waals surface area (Å²) in [5.74, 6) is 0.752. The first-order valence-electron chi connectivity index (χ1n) is 8.73. The molecule has 0 aliphatic rings. The van der Waals surface area contributed by atoms with Crippen LogP contribution in [0, 0.1) is 19.7 Å². The van der Waals surface area contributed by atoms with Crippen LogP contribution in [0.4, 0.5) is 4.39 Å². The molecular formula is C21H17FN2O3S. The topological polar surface area (TPSA) is 65.2 Å². The molecule has 0 spiro atoms. The zero-order valence-corrected chi connectivity index (χ0v) is 16.2. The van der Waals surface area contributed by atoms with Gasteiger partial charge in [0.1, 0.15) is 17.3 Å². The molecule has 0 bridgehead atoms. The molecule has 0 saturated carbocycles. The second-order valence-electron chi connectivity index (χ2n) is 6.57. The number of benzene rings is 1. The summed E-state index contributed by atoms with van der Waals surface area (Å²) in [5, 5.41) is 3.81. The number of fused-ring (bicyclic) bond motifs is 1. The van der Waals surface area contributed by atoms with Crippen LogP contribution in [0.2, 0.25) is 0 Å². The molecule has 0 saturated heterocycles. The van der Waals surface area contributed by atoms with E-state index in [2.05, 4.69) is 10.1 Å². The highest BCUT2D eigenvalue weighted by molar-refractivity contribution is 7.19. The normalized spacial score (nSPS) is 11.1. The Bertz CT molecular complexity index is 1170. The van der Waals surface area contributed by atoms with E-state index < -0.39 is 5.82 Å². The fraction of sp³-hybridized carbons (Fsp3) is 0.190. The molecule has 4 aromatic rings. The molecule has 142 valence electrons. The molecule has 0 radical (unpaired) electrons. The predicted molar refractivity (Wildman–Crippen MR) is 104 cm³/mol. The van der Waals surface area contributed by atoms with Crippen LogP contribution in [-0.2, 0) is 17.6 Å². The third-order valence-electron chi connectivity index (χ3n) is 4.17. The van der Waals surface area contributed by atoms with Crippen molar-refractivity contribution in [3.63, 3.8) is 0 Å². The van der Waals surface area contributed by atoms with E-state index in [9.17, 15) is 9.18 Å². The Labute approximate surface area is 164 Å². The van der Waals surface area contributed by atoms with Gasteiger partial charge in [-0.15, -0.1) is 11.3 Å².